The maximum absolute atomic E-state index is 12.9. The number of sulfone groups is 1. The summed E-state index contributed by atoms with van der Waals surface area (Å²) in [6.07, 6.45) is 0. The van der Waals surface area contributed by atoms with Crippen molar-refractivity contribution in [2.75, 3.05) is 0 Å². The van der Waals surface area contributed by atoms with Crippen LogP contribution in [0.25, 0.3) is 5.57 Å². The van der Waals surface area contributed by atoms with Crippen LogP contribution >= 0.6 is 0 Å². The second-order valence-electron chi connectivity index (χ2n) is 3.55. The normalized spacial score (nSPS) is 19.5. The summed E-state index contributed by atoms with van der Waals surface area (Å²) in [6.45, 7) is 1.69. The van der Waals surface area contributed by atoms with Crippen molar-refractivity contribution in [1.29, 1.82) is 0 Å². The summed E-state index contributed by atoms with van der Waals surface area (Å²) in [5.74, 6) is -0.559. The molecule has 0 spiro atoms. The van der Waals surface area contributed by atoms with Gasteiger partial charge in [-0.3, -0.25) is 0 Å². The Balaban J connectivity index is 2.73. The fourth-order valence-corrected chi connectivity index (χ4v) is 3.19. The Morgan fingerprint density at radius 3 is 2.67 bits per heavy atom. The summed E-state index contributed by atoms with van der Waals surface area (Å²) in [7, 11) is -3.50. The molecule has 0 radical (unpaired) electrons. The molecule has 2 rings (SSSR count). The molecule has 1 aliphatic heterocycles. The van der Waals surface area contributed by atoms with Gasteiger partial charge in [-0.25, -0.2) is 12.8 Å². The van der Waals surface area contributed by atoms with E-state index >= 15 is 0 Å². The van der Waals surface area contributed by atoms with Crippen molar-refractivity contribution >= 4 is 15.4 Å². The highest BCUT2D eigenvalue weighted by molar-refractivity contribution is 7.95. The van der Waals surface area contributed by atoms with Gasteiger partial charge in [0.15, 0.2) is 0 Å². The van der Waals surface area contributed by atoms with Crippen molar-refractivity contribution < 1.29 is 12.8 Å². The van der Waals surface area contributed by atoms with Crippen LogP contribution in [0.3, 0.4) is 0 Å². The van der Waals surface area contributed by atoms with Crippen molar-refractivity contribution in [3.05, 3.63) is 35.0 Å². The van der Waals surface area contributed by atoms with Crippen LogP contribution in [-0.4, -0.2) is 14.5 Å². The van der Waals surface area contributed by atoms with Gasteiger partial charge < -0.3 is 5.73 Å². The number of halogens is 1. The van der Waals surface area contributed by atoms with Gasteiger partial charge in [-0.05, 0) is 30.2 Å². The second-order valence-corrected chi connectivity index (χ2v) is 5.31. The molecule has 0 fully saturated rings. The highest BCUT2D eigenvalue weighted by Gasteiger charge is 2.28. The Kier molecular flexibility index (Phi) is 2.17. The molecule has 1 aliphatic rings. The smallest absolute Gasteiger partial charge is 0.200 e. The Morgan fingerprint density at radius 1 is 1.40 bits per heavy atom. The van der Waals surface area contributed by atoms with Crippen molar-refractivity contribution in [3.8, 4) is 0 Å². The van der Waals surface area contributed by atoms with Gasteiger partial charge in [-0.15, -0.1) is 0 Å². The summed E-state index contributed by atoms with van der Waals surface area (Å²) < 4.78 is 36.2. The molecule has 15 heavy (non-hydrogen) atoms. The minimum Gasteiger partial charge on any atom is -0.324 e. The van der Waals surface area contributed by atoms with Crippen LogP contribution in [0.1, 0.15) is 12.5 Å². The Bertz CT molecular complexity index is 547. The first kappa shape index (κ1) is 10.3. The molecule has 1 atom stereocenters. The molecule has 0 bridgehead atoms. The molecular weight excluding hydrogens is 217 g/mol. The predicted molar refractivity (Wildman–Crippen MR) is 55.2 cm³/mol. The number of nitrogens with two attached hydrogens (primary N) is 1. The van der Waals surface area contributed by atoms with E-state index in [0.717, 1.165) is 11.5 Å². The maximum Gasteiger partial charge on any atom is 0.200 e. The third kappa shape index (κ3) is 1.57. The zero-order valence-electron chi connectivity index (χ0n) is 8.07. The molecule has 1 aromatic rings. The van der Waals surface area contributed by atoms with E-state index in [1.807, 2.05) is 0 Å². The molecule has 3 nitrogen and oxygen atoms in total. The monoisotopic (exact) mass is 227 g/mol. The van der Waals surface area contributed by atoms with E-state index < -0.39 is 15.7 Å². The van der Waals surface area contributed by atoms with Gasteiger partial charge in [0.05, 0.1) is 4.90 Å². The van der Waals surface area contributed by atoms with E-state index in [1.54, 1.807) is 6.92 Å². The van der Waals surface area contributed by atoms with E-state index in [-0.39, 0.29) is 10.9 Å². The molecular formula is C10H10FNO2S. The number of benzene rings is 1. The summed E-state index contributed by atoms with van der Waals surface area (Å²) in [5, 5.41) is 1.11. The molecule has 2 N–H and O–H groups in total. The van der Waals surface area contributed by atoms with Gasteiger partial charge in [-0.2, -0.15) is 0 Å². The van der Waals surface area contributed by atoms with E-state index in [2.05, 4.69) is 0 Å². The van der Waals surface area contributed by atoms with Crippen LogP contribution in [0, 0.1) is 5.82 Å². The molecule has 1 heterocycles. The fraction of sp³-hybridized carbons (Fsp3) is 0.200. The van der Waals surface area contributed by atoms with Crippen LogP contribution in [0.15, 0.2) is 28.5 Å². The summed E-state index contributed by atoms with van der Waals surface area (Å²) in [5.41, 5.74) is 6.68. The first-order chi connectivity index (χ1) is 6.92. The molecule has 0 saturated carbocycles. The van der Waals surface area contributed by atoms with E-state index in [0.29, 0.717) is 11.1 Å². The highest BCUT2D eigenvalue weighted by Crippen LogP contribution is 2.34. The van der Waals surface area contributed by atoms with Crippen LogP contribution in [0.2, 0.25) is 0 Å². The first-order valence-corrected chi connectivity index (χ1v) is 5.98. The lowest BCUT2D eigenvalue weighted by molar-refractivity contribution is 0.599. The third-order valence-corrected chi connectivity index (χ3v) is 3.85. The van der Waals surface area contributed by atoms with Gasteiger partial charge in [0.1, 0.15) is 5.82 Å². The standard InChI is InChI=1S/C10H10FNO2S/c1-6(12)9-5-15(13,14)10-4-7(11)2-3-8(9)10/h2-6H,12H2,1H3. The lowest BCUT2D eigenvalue weighted by Crippen LogP contribution is -2.15. The lowest BCUT2D eigenvalue weighted by Gasteiger charge is -2.07. The molecule has 80 valence electrons. The van der Waals surface area contributed by atoms with Gasteiger partial charge >= 0.3 is 0 Å². The van der Waals surface area contributed by atoms with Crippen molar-refractivity contribution in [2.24, 2.45) is 5.73 Å². The number of fused-ring (bicyclic) bond motifs is 1. The minimum absolute atomic E-state index is 0.00907. The van der Waals surface area contributed by atoms with E-state index in [1.165, 1.54) is 12.1 Å². The van der Waals surface area contributed by atoms with Gasteiger partial charge in [0.25, 0.3) is 0 Å². The Morgan fingerprint density at radius 2 is 2.07 bits per heavy atom. The minimum atomic E-state index is -3.50. The predicted octanol–water partition coefficient (Wildman–Crippen LogP) is 1.30. The molecule has 0 aliphatic carbocycles. The van der Waals surface area contributed by atoms with E-state index in [9.17, 15) is 12.8 Å². The van der Waals surface area contributed by atoms with Crippen molar-refractivity contribution in [1.82, 2.24) is 0 Å². The van der Waals surface area contributed by atoms with Gasteiger partial charge in [0.2, 0.25) is 9.84 Å². The van der Waals surface area contributed by atoms with Gasteiger partial charge in [-0.1, -0.05) is 6.07 Å². The zero-order chi connectivity index (χ0) is 11.2. The average molecular weight is 227 g/mol. The molecule has 0 aromatic heterocycles. The highest BCUT2D eigenvalue weighted by atomic mass is 32.2. The Labute approximate surface area is 87.3 Å². The maximum atomic E-state index is 12.9. The van der Waals surface area contributed by atoms with E-state index in [4.69, 9.17) is 5.73 Å². The molecule has 0 amide bonds. The van der Waals surface area contributed by atoms with Crippen LogP contribution in [0.5, 0.6) is 0 Å². The van der Waals surface area contributed by atoms with Crippen LogP contribution in [0.4, 0.5) is 4.39 Å². The number of hydrogen-bond acceptors (Lipinski definition) is 3. The molecule has 5 heteroatoms. The van der Waals surface area contributed by atoms with Crippen LogP contribution in [-0.2, 0) is 9.84 Å². The Hall–Kier alpha value is -1.20. The fourth-order valence-electron chi connectivity index (χ4n) is 1.62. The average Bonchev–Trinajstić information content (AvgIpc) is 2.39. The van der Waals surface area contributed by atoms with Crippen molar-refractivity contribution in [3.63, 3.8) is 0 Å². The lowest BCUT2D eigenvalue weighted by atomic mass is 10.0. The summed E-state index contributed by atoms with van der Waals surface area (Å²) in [6, 6.07) is 3.32. The van der Waals surface area contributed by atoms with Crippen LogP contribution < -0.4 is 5.73 Å². The molecule has 1 unspecified atom stereocenters. The quantitative estimate of drug-likeness (QED) is 0.786. The van der Waals surface area contributed by atoms with Gasteiger partial charge in [0, 0.05) is 11.4 Å². The zero-order valence-corrected chi connectivity index (χ0v) is 8.88. The molecule has 1 aromatic carbocycles. The SMILES string of the molecule is CC(N)C1=CS(=O)(=O)c2cc(F)ccc21. The third-order valence-electron chi connectivity index (χ3n) is 2.33. The summed E-state index contributed by atoms with van der Waals surface area (Å²) >= 11 is 0. The number of hydrogen-bond donors (Lipinski definition) is 1. The summed E-state index contributed by atoms with van der Waals surface area (Å²) in [4.78, 5) is 0.00907. The van der Waals surface area contributed by atoms with Crippen molar-refractivity contribution in [2.45, 2.75) is 17.9 Å². The largest absolute Gasteiger partial charge is 0.324 e. The number of rotatable bonds is 1. The second kappa shape index (κ2) is 3.15. The topological polar surface area (TPSA) is 60.2 Å². The first-order valence-electron chi connectivity index (χ1n) is 4.44. The molecule has 0 saturated heterocycles.